The number of carbonyl (C=O) groups excluding carboxylic acids is 2. The van der Waals surface area contributed by atoms with E-state index in [0.29, 0.717) is 12.3 Å². The number of carbonyl (C=O) groups is 2. The summed E-state index contributed by atoms with van der Waals surface area (Å²) < 4.78 is 0. The Balaban J connectivity index is 2.15. The third kappa shape index (κ3) is 2.20. The van der Waals surface area contributed by atoms with Crippen LogP contribution in [0.4, 0.5) is 0 Å². The van der Waals surface area contributed by atoms with E-state index in [2.05, 4.69) is 12.2 Å². The highest BCUT2D eigenvalue weighted by Crippen LogP contribution is 2.34. The first-order valence-corrected chi connectivity index (χ1v) is 6.23. The van der Waals surface area contributed by atoms with E-state index in [9.17, 15) is 9.59 Å². The van der Waals surface area contributed by atoms with Gasteiger partial charge in [0.15, 0.2) is 0 Å². The maximum Gasteiger partial charge on any atom is 0.245 e. The molecule has 1 aliphatic heterocycles. The van der Waals surface area contributed by atoms with E-state index < -0.39 is 0 Å². The van der Waals surface area contributed by atoms with Gasteiger partial charge in [-0.1, -0.05) is 6.92 Å². The predicted octanol–water partition coefficient (Wildman–Crippen LogP) is 0.912. The second-order valence-corrected chi connectivity index (χ2v) is 4.97. The van der Waals surface area contributed by atoms with Crippen molar-refractivity contribution in [3.8, 4) is 0 Å². The van der Waals surface area contributed by atoms with E-state index in [-0.39, 0.29) is 23.9 Å². The van der Waals surface area contributed by atoms with Crippen molar-refractivity contribution in [2.45, 2.75) is 51.6 Å². The summed E-state index contributed by atoms with van der Waals surface area (Å²) in [6, 6.07) is -0.208. The standard InChI is InChI=1S/C12H20N2O2/c1-3-6-14-8(2)7-10(15)13-11(12(14)16)9-4-5-9/h8-9,11H,3-7H2,1-2H3,(H,13,15). The molecule has 2 unspecified atom stereocenters. The van der Waals surface area contributed by atoms with Crippen LogP contribution in [0.1, 0.15) is 39.5 Å². The molecule has 1 N–H and O–H groups in total. The number of hydrogen-bond acceptors (Lipinski definition) is 2. The molecule has 1 saturated heterocycles. The molecule has 0 aromatic rings. The van der Waals surface area contributed by atoms with Crippen molar-refractivity contribution in [2.24, 2.45) is 5.92 Å². The Labute approximate surface area is 96.4 Å². The quantitative estimate of drug-likeness (QED) is 0.774. The normalized spacial score (nSPS) is 31.2. The van der Waals surface area contributed by atoms with Crippen molar-refractivity contribution < 1.29 is 9.59 Å². The lowest BCUT2D eigenvalue weighted by molar-refractivity contribution is -0.135. The zero-order valence-corrected chi connectivity index (χ0v) is 10.0. The van der Waals surface area contributed by atoms with Crippen LogP contribution in [0.3, 0.4) is 0 Å². The van der Waals surface area contributed by atoms with E-state index >= 15 is 0 Å². The molecule has 2 rings (SSSR count). The molecule has 1 saturated carbocycles. The lowest BCUT2D eigenvalue weighted by Crippen LogP contribution is -2.47. The zero-order chi connectivity index (χ0) is 11.7. The van der Waals surface area contributed by atoms with Crippen molar-refractivity contribution in [1.82, 2.24) is 10.2 Å². The van der Waals surface area contributed by atoms with Gasteiger partial charge < -0.3 is 10.2 Å². The Morgan fingerprint density at radius 2 is 2.06 bits per heavy atom. The highest BCUT2D eigenvalue weighted by atomic mass is 16.2. The molecule has 4 heteroatoms. The van der Waals surface area contributed by atoms with Crippen LogP contribution in [0, 0.1) is 5.92 Å². The third-order valence-electron chi connectivity index (χ3n) is 3.44. The Hall–Kier alpha value is -1.06. The molecule has 1 heterocycles. The van der Waals surface area contributed by atoms with Gasteiger partial charge in [0.25, 0.3) is 0 Å². The van der Waals surface area contributed by atoms with Crippen molar-refractivity contribution in [3.05, 3.63) is 0 Å². The van der Waals surface area contributed by atoms with Crippen LogP contribution >= 0.6 is 0 Å². The molecule has 0 spiro atoms. The van der Waals surface area contributed by atoms with Crippen LogP contribution in [0.5, 0.6) is 0 Å². The van der Waals surface area contributed by atoms with Gasteiger partial charge in [-0.3, -0.25) is 9.59 Å². The Kier molecular flexibility index (Phi) is 3.17. The Morgan fingerprint density at radius 3 is 2.62 bits per heavy atom. The van der Waals surface area contributed by atoms with Gasteiger partial charge >= 0.3 is 0 Å². The molecular formula is C12H20N2O2. The van der Waals surface area contributed by atoms with Crippen LogP contribution < -0.4 is 5.32 Å². The summed E-state index contributed by atoms with van der Waals surface area (Å²) in [5.41, 5.74) is 0. The average Bonchev–Trinajstić information content (AvgIpc) is 3.04. The van der Waals surface area contributed by atoms with Crippen LogP contribution in [0.25, 0.3) is 0 Å². The van der Waals surface area contributed by atoms with Gasteiger partial charge in [0, 0.05) is 19.0 Å². The van der Waals surface area contributed by atoms with Gasteiger partial charge in [-0.05, 0) is 32.1 Å². The Morgan fingerprint density at radius 1 is 1.38 bits per heavy atom. The fourth-order valence-corrected chi connectivity index (χ4v) is 2.39. The Bertz CT molecular complexity index is 299. The second kappa shape index (κ2) is 4.44. The first kappa shape index (κ1) is 11.4. The molecule has 2 atom stereocenters. The van der Waals surface area contributed by atoms with Gasteiger partial charge in [0.2, 0.25) is 11.8 Å². The first-order valence-electron chi connectivity index (χ1n) is 6.23. The summed E-state index contributed by atoms with van der Waals surface area (Å²) in [4.78, 5) is 25.8. The molecule has 2 aliphatic rings. The summed E-state index contributed by atoms with van der Waals surface area (Å²) >= 11 is 0. The van der Waals surface area contributed by atoms with E-state index in [1.165, 1.54) is 0 Å². The molecule has 2 amide bonds. The topological polar surface area (TPSA) is 49.4 Å². The fourth-order valence-electron chi connectivity index (χ4n) is 2.39. The van der Waals surface area contributed by atoms with Crippen molar-refractivity contribution in [3.63, 3.8) is 0 Å². The van der Waals surface area contributed by atoms with E-state index in [1.54, 1.807) is 0 Å². The van der Waals surface area contributed by atoms with Gasteiger partial charge in [-0.25, -0.2) is 0 Å². The highest BCUT2D eigenvalue weighted by Gasteiger charge is 2.42. The molecule has 2 fully saturated rings. The molecule has 0 radical (unpaired) electrons. The lowest BCUT2D eigenvalue weighted by atomic mass is 10.1. The van der Waals surface area contributed by atoms with Crippen LogP contribution in [0.2, 0.25) is 0 Å². The smallest absolute Gasteiger partial charge is 0.245 e. The molecular weight excluding hydrogens is 204 g/mol. The maximum absolute atomic E-state index is 12.3. The predicted molar refractivity (Wildman–Crippen MR) is 60.7 cm³/mol. The van der Waals surface area contributed by atoms with Crippen LogP contribution in [0.15, 0.2) is 0 Å². The minimum atomic E-state index is -0.246. The summed E-state index contributed by atoms with van der Waals surface area (Å²) in [5.74, 6) is 0.542. The summed E-state index contributed by atoms with van der Waals surface area (Å²) in [6.07, 6.45) is 3.53. The van der Waals surface area contributed by atoms with Crippen molar-refractivity contribution in [2.75, 3.05) is 6.54 Å². The monoisotopic (exact) mass is 224 g/mol. The lowest BCUT2D eigenvalue weighted by Gasteiger charge is -2.28. The number of hydrogen-bond donors (Lipinski definition) is 1. The zero-order valence-electron chi connectivity index (χ0n) is 10.0. The van der Waals surface area contributed by atoms with E-state index in [0.717, 1.165) is 25.8 Å². The van der Waals surface area contributed by atoms with Crippen molar-refractivity contribution in [1.29, 1.82) is 0 Å². The molecule has 16 heavy (non-hydrogen) atoms. The SMILES string of the molecule is CCCN1C(=O)C(C2CC2)NC(=O)CC1C. The fraction of sp³-hybridized carbons (Fsp3) is 0.833. The van der Waals surface area contributed by atoms with Crippen LogP contribution in [-0.4, -0.2) is 35.3 Å². The van der Waals surface area contributed by atoms with Crippen molar-refractivity contribution >= 4 is 11.8 Å². The molecule has 4 nitrogen and oxygen atoms in total. The molecule has 1 aliphatic carbocycles. The molecule has 0 aromatic carbocycles. The number of nitrogens with one attached hydrogen (secondary N) is 1. The molecule has 0 aromatic heterocycles. The number of rotatable bonds is 3. The molecule has 0 bridgehead atoms. The minimum Gasteiger partial charge on any atom is -0.344 e. The van der Waals surface area contributed by atoms with E-state index in [1.807, 2.05) is 11.8 Å². The summed E-state index contributed by atoms with van der Waals surface area (Å²) in [5, 5.41) is 2.88. The number of nitrogens with zero attached hydrogens (tertiary/aromatic N) is 1. The third-order valence-corrected chi connectivity index (χ3v) is 3.44. The van der Waals surface area contributed by atoms with Gasteiger partial charge in [0.05, 0.1) is 0 Å². The van der Waals surface area contributed by atoms with Gasteiger partial charge in [-0.15, -0.1) is 0 Å². The van der Waals surface area contributed by atoms with E-state index in [4.69, 9.17) is 0 Å². The maximum atomic E-state index is 12.3. The van der Waals surface area contributed by atoms with Gasteiger partial charge in [-0.2, -0.15) is 0 Å². The average molecular weight is 224 g/mol. The second-order valence-electron chi connectivity index (χ2n) is 4.97. The minimum absolute atomic E-state index is 0.0244. The largest absolute Gasteiger partial charge is 0.344 e. The summed E-state index contributed by atoms with van der Waals surface area (Å²) in [7, 11) is 0. The number of amides is 2. The summed E-state index contributed by atoms with van der Waals surface area (Å²) in [6.45, 7) is 4.78. The van der Waals surface area contributed by atoms with Gasteiger partial charge in [0.1, 0.15) is 6.04 Å². The first-order chi connectivity index (χ1) is 7.63. The highest BCUT2D eigenvalue weighted by molar-refractivity contribution is 5.91. The van der Waals surface area contributed by atoms with Crippen LogP contribution in [-0.2, 0) is 9.59 Å². The molecule has 90 valence electrons.